The van der Waals surface area contributed by atoms with E-state index in [4.69, 9.17) is 16.3 Å². The molecule has 1 aromatic carbocycles. The van der Waals surface area contributed by atoms with Gasteiger partial charge in [0.15, 0.2) is 0 Å². The first kappa shape index (κ1) is 16.5. The summed E-state index contributed by atoms with van der Waals surface area (Å²) in [6.45, 7) is 3.94. The second kappa shape index (κ2) is 5.76. The van der Waals surface area contributed by atoms with Gasteiger partial charge in [0.2, 0.25) is 10.0 Å². The van der Waals surface area contributed by atoms with Crippen LogP contribution < -0.4 is 4.74 Å². The highest BCUT2D eigenvalue weighted by Crippen LogP contribution is 2.39. The summed E-state index contributed by atoms with van der Waals surface area (Å²) in [5, 5.41) is 9.64. The minimum atomic E-state index is -3.73. The van der Waals surface area contributed by atoms with E-state index in [9.17, 15) is 13.5 Å². The fraction of sp³-hybridized carbons (Fsp3) is 0.571. The Morgan fingerprint density at radius 2 is 2.10 bits per heavy atom. The van der Waals surface area contributed by atoms with Crippen LogP contribution in [-0.2, 0) is 16.6 Å². The lowest BCUT2D eigenvalue weighted by Gasteiger charge is -2.31. The number of benzene rings is 1. The molecule has 0 aromatic heterocycles. The van der Waals surface area contributed by atoms with Gasteiger partial charge in [-0.3, -0.25) is 0 Å². The largest absolute Gasteiger partial charge is 0.495 e. The highest BCUT2D eigenvalue weighted by Gasteiger charge is 2.42. The third-order valence-corrected chi connectivity index (χ3v) is 6.20. The zero-order chi connectivity index (χ0) is 15.8. The molecule has 0 atom stereocenters. The predicted molar refractivity (Wildman–Crippen MR) is 81.1 cm³/mol. The summed E-state index contributed by atoms with van der Waals surface area (Å²) in [5.41, 5.74) is -0.0773. The molecule has 1 heterocycles. The molecule has 21 heavy (non-hydrogen) atoms. The summed E-state index contributed by atoms with van der Waals surface area (Å²) in [6.07, 6.45) is 1.63. The highest BCUT2D eigenvalue weighted by molar-refractivity contribution is 7.89. The Morgan fingerprint density at radius 3 is 2.57 bits per heavy atom. The molecule has 0 radical (unpaired) electrons. The van der Waals surface area contributed by atoms with Gasteiger partial charge in [-0.25, -0.2) is 8.42 Å². The maximum absolute atomic E-state index is 13.0. The molecule has 0 spiro atoms. The number of methoxy groups -OCH3 is 1. The van der Waals surface area contributed by atoms with Crippen LogP contribution in [0.4, 0.5) is 0 Å². The van der Waals surface area contributed by atoms with Gasteiger partial charge in [0.05, 0.1) is 13.7 Å². The summed E-state index contributed by atoms with van der Waals surface area (Å²) in [5.74, 6) is 0.157. The molecular weight excluding hydrogens is 314 g/mol. The van der Waals surface area contributed by atoms with Gasteiger partial charge < -0.3 is 9.84 Å². The van der Waals surface area contributed by atoms with Crippen molar-refractivity contribution in [2.24, 2.45) is 0 Å². The first-order valence-corrected chi connectivity index (χ1v) is 8.56. The fourth-order valence-electron chi connectivity index (χ4n) is 2.81. The van der Waals surface area contributed by atoms with Crippen LogP contribution in [0, 0.1) is 0 Å². The van der Waals surface area contributed by atoms with E-state index < -0.39 is 15.6 Å². The molecule has 1 aliphatic heterocycles. The molecular formula is C14H20ClNO4S. The van der Waals surface area contributed by atoms with Crippen LogP contribution in [-0.4, -0.2) is 37.0 Å². The van der Waals surface area contributed by atoms with Crippen molar-refractivity contribution in [3.63, 3.8) is 0 Å². The molecule has 1 aliphatic rings. The van der Waals surface area contributed by atoms with E-state index in [1.165, 1.54) is 23.5 Å². The average Bonchev–Trinajstić information content (AvgIpc) is 2.77. The lowest BCUT2D eigenvalue weighted by atomic mass is 10.0. The summed E-state index contributed by atoms with van der Waals surface area (Å²) in [7, 11) is -2.35. The van der Waals surface area contributed by atoms with E-state index in [0.29, 0.717) is 12.1 Å². The summed E-state index contributed by atoms with van der Waals surface area (Å²) in [6, 6.07) is 2.89. The van der Waals surface area contributed by atoms with Gasteiger partial charge in [-0.1, -0.05) is 11.6 Å². The lowest BCUT2D eigenvalue weighted by molar-refractivity contribution is 0.271. The smallest absolute Gasteiger partial charge is 0.247 e. The molecule has 0 amide bonds. The maximum Gasteiger partial charge on any atom is 0.247 e. The molecule has 1 N–H and O–H groups in total. The Balaban J connectivity index is 2.62. The van der Waals surface area contributed by atoms with Gasteiger partial charge in [0, 0.05) is 22.7 Å². The maximum atomic E-state index is 13.0. The number of hydrogen-bond acceptors (Lipinski definition) is 4. The molecule has 1 fully saturated rings. The first-order valence-electron chi connectivity index (χ1n) is 6.74. The van der Waals surface area contributed by atoms with Gasteiger partial charge >= 0.3 is 0 Å². The van der Waals surface area contributed by atoms with Crippen molar-refractivity contribution in [1.29, 1.82) is 0 Å². The predicted octanol–water partition coefficient (Wildman–Crippen LogP) is 2.40. The van der Waals surface area contributed by atoms with E-state index >= 15 is 0 Å². The van der Waals surface area contributed by atoms with Gasteiger partial charge in [0.1, 0.15) is 10.6 Å². The van der Waals surface area contributed by atoms with E-state index in [1.54, 1.807) is 0 Å². The third-order valence-electron chi connectivity index (χ3n) is 3.86. The quantitative estimate of drug-likeness (QED) is 0.918. The molecule has 118 valence electrons. The second-order valence-corrected chi connectivity index (χ2v) is 8.01. The van der Waals surface area contributed by atoms with Crippen molar-refractivity contribution < 1.29 is 18.3 Å². The minimum Gasteiger partial charge on any atom is -0.495 e. The van der Waals surface area contributed by atoms with Crippen molar-refractivity contribution in [3.05, 3.63) is 22.7 Å². The minimum absolute atomic E-state index is 0.0107. The lowest BCUT2D eigenvalue weighted by Crippen LogP contribution is -2.42. The number of aliphatic hydroxyl groups is 1. The van der Waals surface area contributed by atoms with Crippen molar-refractivity contribution in [3.8, 4) is 5.75 Å². The number of ether oxygens (including phenoxy) is 1. The Kier molecular flexibility index (Phi) is 4.54. The number of hydrogen-bond donors (Lipinski definition) is 1. The van der Waals surface area contributed by atoms with Crippen LogP contribution in [0.3, 0.4) is 0 Å². The van der Waals surface area contributed by atoms with Gasteiger partial charge in [-0.15, -0.1) is 0 Å². The molecule has 0 saturated carbocycles. The topological polar surface area (TPSA) is 66.8 Å². The molecule has 7 heteroatoms. The van der Waals surface area contributed by atoms with E-state index in [0.717, 1.165) is 12.8 Å². The van der Waals surface area contributed by atoms with Gasteiger partial charge in [-0.05, 0) is 38.8 Å². The summed E-state index contributed by atoms with van der Waals surface area (Å²) in [4.78, 5) is 0.0107. The number of rotatable bonds is 4. The molecule has 1 saturated heterocycles. The summed E-state index contributed by atoms with van der Waals surface area (Å²) >= 11 is 5.99. The monoisotopic (exact) mass is 333 g/mol. The first-order chi connectivity index (χ1) is 9.74. The van der Waals surface area contributed by atoms with Crippen molar-refractivity contribution in [2.45, 2.75) is 43.7 Å². The zero-order valence-corrected chi connectivity index (χ0v) is 14.0. The Labute approximate surface area is 130 Å². The van der Waals surface area contributed by atoms with Crippen molar-refractivity contribution >= 4 is 21.6 Å². The van der Waals surface area contributed by atoms with E-state index in [-0.39, 0.29) is 22.3 Å². The molecule has 1 aromatic rings. The number of sulfonamides is 1. The van der Waals surface area contributed by atoms with Crippen molar-refractivity contribution in [2.75, 3.05) is 13.7 Å². The summed E-state index contributed by atoms with van der Waals surface area (Å²) < 4.78 is 32.6. The number of aliphatic hydroxyl groups excluding tert-OH is 1. The Bertz CT molecular complexity index is 643. The van der Waals surface area contributed by atoms with Crippen LogP contribution in [0.5, 0.6) is 5.75 Å². The number of nitrogens with zero attached hydrogens (tertiary/aromatic N) is 1. The Morgan fingerprint density at radius 1 is 1.43 bits per heavy atom. The molecule has 0 bridgehead atoms. The molecule has 0 unspecified atom stereocenters. The van der Waals surface area contributed by atoms with Crippen LogP contribution in [0.25, 0.3) is 0 Å². The van der Waals surface area contributed by atoms with Crippen LogP contribution in [0.15, 0.2) is 17.0 Å². The van der Waals surface area contributed by atoms with Crippen LogP contribution in [0.1, 0.15) is 32.3 Å². The highest BCUT2D eigenvalue weighted by atomic mass is 35.5. The van der Waals surface area contributed by atoms with Crippen LogP contribution >= 0.6 is 11.6 Å². The fourth-order valence-corrected chi connectivity index (χ4v) is 5.19. The normalized spacial score (nSPS) is 18.9. The molecule has 2 rings (SSSR count). The molecule has 0 aliphatic carbocycles. The zero-order valence-electron chi connectivity index (χ0n) is 12.4. The van der Waals surface area contributed by atoms with E-state index in [2.05, 4.69) is 0 Å². The average molecular weight is 334 g/mol. The van der Waals surface area contributed by atoms with Gasteiger partial charge in [-0.2, -0.15) is 4.31 Å². The van der Waals surface area contributed by atoms with Gasteiger partial charge in [0.25, 0.3) is 0 Å². The van der Waals surface area contributed by atoms with Crippen LogP contribution in [0.2, 0.25) is 5.02 Å². The van der Waals surface area contributed by atoms with E-state index in [1.807, 2.05) is 13.8 Å². The molecule has 5 nitrogen and oxygen atoms in total. The SMILES string of the molecule is COc1c(CO)cc(Cl)cc1S(=O)(=O)N1CCCC1(C)C. The van der Waals surface area contributed by atoms with Crippen molar-refractivity contribution in [1.82, 2.24) is 4.31 Å². The Hall–Kier alpha value is -0.820. The number of halogens is 1. The standard InChI is InChI=1S/C14H20ClNO4S/c1-14(2)5-4-6-16(14)21(18,19)12-8-11(15)7-10(9-17)13(12)20-3/h7-8,17H,4-6,9H2,1-3H3. The second-order valence-electron chi connectivity index (χ2n) is 5.75. The third kappa shape index (κ3) is 2.90.